The molecule has 1 aromatic carbocycles. The van der Waals surface area contributed by atoms with E-state index in [1.165, 1.54) is 6.07 Å². The first-order valence-electron chi connectivity index (χ1n) is 6.46. The summed E-state index contributed by atoms with van der Waals surface area (Å²) in [6.45, 7) is 2.98. The lowest BCUT2D eigenvalue weighted by molar-refractivity contribution is 0.541. The zero-order valence-electron chi connectivity index (χ0n) is 10.9. The summed E-state index contributed by atoms with van der Waals surface area (Å²) < 4.78 is 16.3. The predicted octanol–water partition coefficient (Wildman–Crippen LogP) is 1.76. The highest BCUT2D eigenvalue weighted by atomic mass is 19.1. The minimum absolute atomic E-state index is 0.159. The zero-order chi connectivity index (χ0) is 13.2. The zero-order valence-corrected chi connectivity index (χ0v) is 10.9. The largest absolute Gasteiger partial charge is 0.360 e. The van der Waals surface area contributed by atoms with E-state index >= 15 is 0 Å². The van der Waals surface area contributed by atoms with Gasteiger partial charge in [-0.15, -0.1) is 0 Å². The second kappa shape index (κ2) is 5.01. The summed E-state index contributed by atoms with van der Waals surface area (Å²) in [6, 6.07) is 5.25. The van der Waals surface area contributed by atoms with E-state index in [9.17, 15) is 4.39 Å². The van der Waals surface area contributed by atoms with Crippen molar-refractivity contribution in [2.75, 3.05) is 18.5 Å². The number of rotatable bonds is 3. The standard InChI is InChI=1S/C14H17FN4/c1-16-9-11-3-2-4-12(15)14(11)19-8-7-18-6-5-17-13(18)10-19/h2-6,16H,7-10H2,1H3. The summed E-state index contributed by atoms with van der Waals surface area (Å²) in [5.41, 5.74) is 1.69. The summed E-state index contributed by atoms with van der Waals surface area (Å²) in [7, 11) is 1.87. The lowest BCUT2D eigenvalue weighted by Gasteiger charge is -2.31. The molecule has 0 saturated carbocycles. The van der Waals surface area contributed by atoms with E-state index in [2.05, 4.69) is 19.8 Å². The number of hydrogen-bond donors (Lipinski definition) is 1. The number of nitrogens with zero attached hydrogens (tertiary/aromatic N) is 3. The Morgan fingerprint density at radius 2 is 2.26 bits per heavy atom. The van der Waals surface area contributed by atoms with Gasteiger partial charge in [0.05, 0.1) is 12.2 Å². The molecule has 2 aromatic rings. The number of benzene rings is 1. The van der Waals surface area contributed by atoms with Gasteiger partial charge in [-0.05, 0) is 18.7 Å². The van der Waals surface area contributed by atoms with Crippen molar-refractivity contribution in [2.45, 2.75) is 19.6 Å². The van der Waals surface area contributed by atoms with Crippen molar-refractivity contribution in [1.29, 1.82) is 0 Å². The van der Waals surface area contributed by atoms with Gasteiger partial charge in [-0.1, -0.05) is 12.1 Å². The number of nitrogens with one attached hydrogen (secondary N) is 1. The van der Waals surface area contributed by atoms with Crippen molar-refractivity contribution < 1.29 is 4.39 Å². The van der Waals surface area contributed by atoms with Crippen LogP contribution in [-0.4, -0.2) is 23.1 Å². The maximum absolute atomic E-state index is 14.2. The van der Waals surface area contributed by atoms with Crippen molar-refractivity contribution >= 4 is 5.69 Å². The van der Waals surface area contributed by atoms with Gasteiger partial charge in [0.1, 0.15) is 11.6 Å². The van der Waals surface area contributed by atoms with Gasteiger partial charge in [0, 0.05) is 32.0 Å². The Morgan fingerprint density at radius 3 is 3.11 bits per heavy atom. The number of hydrogen-bond acceptors (Lipinski definition) is 3. The molecule has 0 bridgehead atoms. The Labute approximate surface area is 111 Å². The van der Waals surface area contributed by atoms with Gasteiger partial charge in [-0.2, -0.15) is 0 Å². The van der Waals surface area contributed by atoms with Crippen LogP contribution < -0.4 is 10.2 Å². The lowest BCUT2D eigenvalue weighted by Crippen LogP contribution is -2.35. The topological polar surface area (TPSA) is 33.1 Å². The van der Waals surface area contributed by atoms with Crippen molar-refractivity contribution in [3.63, 3.8) is 0 Å². The second-order valence-electron chi connectivity index (χ2n) is 4.74. The Bertz CT molecular complexity index is 579. The molecule has 0 spiro atoms. The van der Waals surface area contributed by atoms with E-state index in [0.29, 0.717) is 18.8 Å². The van der Waals surface area contributed by atoms with Crippen LogP contribution in [0.5, 0.6) is 0 Å². The smallest absolute Gasteiger partial charge is 0.146 e. The van der Waals surface area contributed by atoms with Crippen LogP contribution in [0.25, 0.3) is 0 Å². The Balaban J connectivity index is 1.95. The molecule has 1 aromatic heterocycles. The molecule has 4 nitrogen and oxygen atoms in total. The van der Waals surface area contributed by atoms with Gasteiger partial charge < -0.3 is 14.8 Å². The Hall–Kier alpha value is -1.88. The van der Waals surface area contributed by atoms with E-state index in [1.807, 2.05) is 19.3 Å². The summed E-state index contributed by atoms with van der Waals surface area (Å²) in [6.07, 6.45) is 3.78. The fourth-order valence-corrected chi connectivity index (χ4v) is 2.61. The molecule has 100 valence electrons. The summed E-state index contributed by atoms with van der Waals surface area (Å²) >= 11 is 0. The molecule has 0 radical (unpaired) electrons. The fraction of sp³-hybridized carbons (Fsp3) is 0.357. The second-order valence-corrected chi connectivity index (χ2v) is 4.74. The average molecular weight is 260 g/mol. The van der Waals surface area contributed by atoms with Crippen LogP contribution in [0, 0.1) is 5.82 Å². The van der Waals surface area contributed by atoms with Crippen LogP contribution in [0.2, 0.25) is 0 Å². The molecule has 2 heterocycles. The van der Waals surface area contributed by atoms with Crippen LogP contribution >= 0.6 is 0 Å². The molecule has 1 aliphatic rings. The highest BCUT2D eigenvalue weighted by Crippen LogP contribution is 2.27. The normalized spacial score (nSPS) is 14.5. The molecule has 0 saturated heterocycles. The lowest BCUT2D eigenvalue weighted by atomic mass is 10.1. The summed E-state index contributed by atoms with van der Waals surface area (Å²) in [4.78, 5) is 6.39. The van der Waals surface area contributed by atoms with Gasteiger partial charge in [0.2, 0.25) is 0 Å². The molecule has 0 fully saturated rings. The fourth-order valence-electron chi connectivity index (χ4n) is 2.61. The molecule has 1 N–H and O–H groups in total. The van der Waals surface area contributed by atoms with Crippen molar-refractivity contribution in [2.24, 2.45) is 0 Å². The molecule has 0 amide bonds. The molecule has 3 rings (SSSR count). The monoisotopic (exact) mass is 260 g/mol. The van der Waals surface area contributed by atoms with Crippen LogP contribution in [0.15, 0.2) is 30.6 Å². The molecule has 0 unspecified atom stereocenters. The van der Waals surface area contributed by atoms with Crippen molar-refractivity contribution in [3.05, 3.63) is 47.8 Å². The van der Waals surface area contributed by atoms with Crippen LogP contribution in [0.1, 0.15) is 11.4 Å². The number of halogens is 1. The number of fused-ring (bicyclic) bond motifs is 1. The first-order valence-corrected chi connectivity index (χ1v) is 6.46. The third kappa shape index (κ3) is 2.21. The first kappa shape index (κ1) is 12.2. The van der Waals surface area contributed by atoms with Crippen molar-refractivity contribution in [1.82, 2.24) is 14.9 Å². The Morgan fingerprint density at radius 1 is 1.37 bits per heavy atom. The van der Waals surface area contributed by atoms with Crippen LogP contribution in [0.3, 0.4) is 0 Å². The number of anilines is 1. The minimum atomic E-state index is -0.159. The van der Waals surface area contributed by atoms with Gasteiger partial charge in [0.15, 0.2) is 0 Å². The first-order chi connectivity index (χ1) is 9.29. The SMILES string of the molecule is CNCc1cccc(F)c1N1CCn2ccnc2C1. The Kier molecular flexibility index (Phi) is 3.21. The number of para-hydroxylation sites is 1. The minimum Gasteiger partial charge on any atom is -0.360 e. The van der Waals surface area contributed by atoms with Gasteiger partial charge in [0.25, 0.3) is 0 Å². The molecule has 0 aliphatic carbocycles. The van der Waals surface area contributed by atoms with Gasteiger partial charge in [-0.25, -0.2) is 9.37 Å². The highest BCUT2D eigenvalue weighted by Gasteiger charge is 2.21. The summed E-state index contributed by atoms with van der Waals surface area (Å²) in [5, 5.41) is 3.09. The maximum Gasteiger partial charge on any atom is 0.146 e. The highest BCUT2D eigenvalue weighted by molar-refractivity contribution is 5.55. The number of imidazole rings is 1. The summed E-state index contributed by atoms with van der Waals surface area (Å²) in [5.74, 6) is 0.831. The maximum atomic E-state index is 14.2. The molecule has 19 heavy (non-hydrogen) atoms. The average Bonchev–Trinajstić information content (AvgIpc) is 2.86. The molecular formula is C14H17FN4. The van der Waals surface area contributed by atoms with Crippen LogP contribution in [0.4, 0.5) is 10.1 Å². The van der Waals surface area contributed by atoms with E-state index in [-0.39, 0.29) is 5.82 Å². The molecule has 5 heteroatoms. The third-order valence-corrected chi connectivity index (χ3v) is 3.50. The van der Waals surface area contributed by atoms with E-state index < -0.39 is 0 Å². The van der Waals surface area contributed by atoms with E-state index in [4.69, 9.17) is 0 Å². The molecule has 1 aliphatic heterocycles. The van der Waals surface area contributed by atoms with E-state index in [1.54, 1.807) is 12.3 Å². The van der Waals surface area contributed by atoms with Crippen LogP contribution in [-0.2, 0) is 19.6 Å². The van der Waals surface area contributed by atoms with Gasteiger partial charge in [-0.3, -0.25) is 0 Å². The molecular weight excluding hydrogens is 243 g/mol. The quantitative estimate of drug-likeness (QED) is 0.913. The van der Waals surface area contributed by atoms with Crippen molar-refractivity contribution in [3.8, 4) is 0 Å². The predicted molar refractivity (Wildman–Crippen MR) is 72.4 cm³/mol. The third-order valence-electron chi connectivity index (χ3n) is 3.50. The van der Waals surface area contributed by atoms with Gasteiger partial charge >= 0.3 is 0 Å². The van der Waals surface area contributed by atoms with E-state index in [0.717, 1.165) is 24.5 Å². The number of aromatic nitrogens is 2. The molecule has 0 atom stereocenters.